The Balaban J connectivity index is 1.53. The Morgan fingerprint density at radius 2 is 2.08 bits per heavy atom. The highest BCUT2D eigenvalue weighted by molar-refractivity contribution is 5.79. The number of imidazole rings is 1. The van der Waals surface area contributed by atoms with E-state index in [0.717, 1.165) is 56.1 Å². The summed E-state index contributed by atoms with van der Waals surface area (Å²) in [4.78, 5) is 28.0. The summed E-state index contributed by atoms with van der Waals surface area (Å²) in [6.07, 6.45) is 12.7. The lowest BCUT2D eigenvalue weighted by Gasteiger charge is -2.37. The summed E-state index contributed by atoms with van der Waals surface area (Å²) in [6.45, 7) is 3.62. The van der Waals surface area contributed by atoms with Crippen LogP contribution in [0.4, 0.5) is 0 Å². The molecule has 6 nitrogen and oxygen atoms in total. The number of nitrogens with zero attached hydrogens (tertiary/aromatic N) is 5. The second-order valence-corrected chi connectivity index (χ2v) is 6.90. The summed E-state index contributed by atoms with van der Waals surface area (Å²) in [7, 11) is 0. The van der Waals surface area contributed by atoms with Crippen LogP contribution in [0, 0.1) is 12.8 Å². The van der Waals surface area contributed by atoms with Gasteiger partial charge in [0.05, 0.1) is 11.9 Å². The summed E-state index contributed by atoms with van der Waals surface area (Å²) in [5.74, 6) is 2.59. The molecule has 2 fully saturated rings. The molecule has 2 aliphatic rings. The second kappa shape index (κ2) is 6.34. The lowest BCUT2D eigenvalue weighted by molar-refractivity contribution is -0.139. The van der Waals surface area contributed by atoms with Gasteiger partial charge in [-0.05, 0) is 32.6 Å². The van der Waals surface area contributed by atoms with Crippen molar-refractivity contribution in [3.63, 3.8) is 0 Å². The third-order valence-corrected chi connectivity index (χ3v) is 5.32. The first-order chi connectivity index (χ1) is 11.7. The van der Waals surface area contributed by atoms with Gasteiger partial charge in [0.15, 0.2) is 5.82 Å². The van der Waals surface area contributed by atoms with Crippen molar-refractivity contribution in [1.29, 1.82) is 0 Å². The minimum atomic E-state index is 0.273. The van der Waals surface area contributed by atoms with Crippen LogP contribution < -0.4 is 0 Å². The van der Waals surface area contributed by atoms with Gasteiger partial charge >= 0.3 is 0 Å². The van der Waals surface area contributed by atoms with Crippen molar-refractivity contribution in [3.8, 4) is 5.82 Å². The van der Waals surface area contributed by atoms with Crippen LogP contribution >= 0.6 is 0 Å². The van der Waals surface area contributed by atoms with Gasteiger partial charge in [-0.3, -0.25) is 14.3 Å². The molecule has 1 aliphatic heterocycles. The molecule has 1 saturated heterocycles. The van der Waals surface area contributed by atoms with Gasteiger partial charge in [0.1, 0.15) is 5.82 Å². The second-order valence-electron chi connectivity index (χ2n) is 6.90. The quantitative estimate of drug-likeness (QED) is 0.869. The zero-order valence-corrected chi connectivity index (χ0v) is 14.1. The summed E-state index contributed by atoms with van der Waals surface area (Å²) in [5.41, 5.74) is 0.978. The molecule has 6 heteroatoms. The zero-order valence-electron chi connectivity index (χ0n) is 14.1. The van der Waals surface area contributed by atoms with Crippen molar-refractivity contribution in [2.45, 2.75) is 44.9 Å². The van der Waals surface area contributed by atoms with Crippen LogP contribution in [0.5, 0.6) is 0 Å². The van der Waals surface area contributed by atoms with E-state index in [1.165, 1.54) is 6.42 Å². The Morgan fingerprint density at radius 3 is 2.79 bits per heavy atom. The van der Waals surface area contributed by atoms with Gasteiger partial charge in [-0.25, -0.2) is 9.97 Å². The van der Waals surface area contributed by atoms with E-state index in [1.54, 1.807) is 12.4 Å². The molecule has 24 heavy (non-hydrogen) atoms. The maximum atomic E-state index is 12.5. The first kappa shape index (κ1) is 15.3. The Kier molecular flexibility index (Phi) is 4.04. The van der Waals surface area contributed by atoms with Crippen LogP contribution in [-0.4, -0.2) is 43.4 Å². The van der Waals surface area contributed by atoms with Crippen molar-refractivity contribution in [3.05, 3.63) is 36.3 Å². The first-order valence-corrected chi connectivity index (χ1v) is 8.83. The van der Waals surface area contributed by atoms with E-state index < -0.39 is 0 Å². The molecule has 1 atom stereocenters. The number of carbonyl (C=O) groups is 1. The minimum absolute atomic E-state index is 0.273. The highest BCUT2D eigenvalue weighted by Crippen LogP contribution is 2.32. The average molecular weight is 325 g/mol. The maximum Gasteiger partial charge on any atom is 0.225 e. The third kappa shape index (κ3) is 2.81. The fourth-order valence-electron chi connectivity index (χ4n) is 3.64. The van der Waals surface area contributed by atoms with Crippen LogP contribution in [0.15, 0.2) is 24.8 Å². The van der Waals surface area contributed by atoms with Gasteiger partial charge in [0, 0.05) is 43.5 Å². The van der Waals surface area contributed by atoms with Gasteiger partial charge in [-0.15, -0.1) is 0 Å². The lowest BCUT2D eigenvalue weighted by atomic mass is 9.83. The summed E-state index contributed by atoms with van der Waals surface area (Å²) >= 11 is 0. The van der Waals surface area contributed by atoms with E-state index in [9.17, 15) is 4.79 Å². The molecule has 1 amide bonds. The number of likely N-dealkylation sites (tertiary alicyclic amines) is 1. The maximum absolute atomic E-state index is 12.5. The number of rotatable bonds is 3. The Bertz CT molecular complexity index is 737. The molecule has 1 saturated carbocycles. The SMILES string of the molecule is Cc1nccn1-c1cncc(C2CCCN(C(=O)C3CCC3)C2)n1. The molecule has 1 aliphatic carbocycles. The van der Waals surface area contributed by atoms with Crippen molar-refractivity contribution in [1.82, 2.24) is 24.4 Å². The van der Waals surface area contributed by atoms with Gasteiger partial charge < -0.3 is 4.90 Å². The van der Waals surface area contributed by atoms with Crippen LogP contribution in [0.25, 0.3) is 5.82 Å². The zero-order chi connectivity index (χ0) is 16.5. The molecule has 0 aromatic carbocycles. The van der Waals surface area contributed by atoms with E-state index >= 15 is 0 Å². The number of hydrogen-bond acceptors (Lipinski definition) is 4. The molecule has 0 N–H and O–H groups in total. The van der Waals surface area contributed by atoms with E-state index in [1.807, 2.05) is 23.9 Å². The molecule has 2 aromatic heterocycles. The van der Waals surface area contributed by atoms with Crippen LogP contribution in [0.1, 0.15) is 49.5 Å². The van der Waals surface area contributed by atoms with Gasteiger partial charge in [0.2, 0.25) is 5.91 Å². The molecule has 2 aromatic rings. The predicted octanol–water partition coefficient (Wildman–Crippen LogP) is 2.48. The van der Waals surface area contributed by atoms with Gasteiger partial charge in [0.25, 0.3) is 0 Å². The van der Waals surface area contributed by atoms with E-state index in [-0.39, 0.29) is 11.8 Å². The third-order valence-electron chi connectivity index (χ3n) is 5.32. The summed E-state index contributed by atoms with van der Waals surface area (Å²) in [5, 5.41) is 0. The Hall–Kier alpha value is -2.24. The smallest absolute Gasteiger partial charge is 0.225 e. The summed E-state index contributed by atoms with van der Waals surface area (Å²) in [6, 6.07) is 0. The van der Waals surface area contributed by atoms with Gasteiger partial charge in [-0.2, -0.15) is 0 Å². The monoisotopic (exact) mass is 325 g/mol. The fraction of sp³-hybridized carbons (Fsp3) is 0.556. The number of aromatic nitrogens is 4. The van der Waals surface area contributed by atoms with Crippen LogP contribution in [0.2, 0.25) is 0 Å². The molecule has 0 radical (unpaired) electrons. The minimum Gasteiger partial charge on any atom is -0.342 e. The molecule has 4 rings (SSSR count). The highest BCUT2D eigenvalue weighted by atomic mass is 16.2. The average Bonchev–Trinajstić information content (AvgIpc) is 2.99. The largest absolute Gasteiger partial charge is 0.342 e. The topological polar surface area (TPSA) is 63.9 Å². The fourth-order valence-corrected chi connectivity index (χ4v) is 3.64. The number of amides is 1. The van der Waals surface area contributed by atoms with Crippen molar-refractivity contribution >= 4 is 5.91 Å². The number of piperidine rings is 1. The molecule has 0 bridgehead atoms. The number of carbonyl (C=O) groups excluding carboxylic acids is 1. The van der Waals surface area contributed by atoms with Crippen molar-refractivity contribution in [2.24, 2.45) is 5.92 Å². The molecule has 0 spiro atoms. The standard InChI is InChI=1S/C18H23N5O/c1-13-20-7-9-23(13)17-11-19-10-16(21-17)15-6-3-8-22(12-15)18(24)14-4-2-5-14/h7,9-11,14-15H,2-6,8,12H2,1H3. The summed E-state index contributed by atoms with van der Waals surface area (Å²) < 4.78 is 1.94. The first-order valence-electron chi connectivity index (χ1n) is 8.83. The normalized spacial score (nSPS) is 21.5. The molecular formula is C18H23N5O. The van der Waals surface area contributed by atoms with E-state index in [2.05, 4.69) is 14.9 Å². The predicted molar refractivity (Wildman–Crippen MR) is 89.8 cm³/mol. The lowest BCUT2D eigenvalue weighted by Crippen LogP contribution is -2.44. The number of aryl methyl sites for hydroxylation is 1. The van der Waals surface area contributed by atoms with Crippen molar-refractivity contribution in [2.75, 3.05) is 13.1 Å². The molecule has 3 heterocycles. The van der Waals surface area contributed by atoms with Crippen LogP contribution in [0.3, 0.4) is 0 Å². The Labute approximate surface area is 141 Å². The van der Waals surface area contributed by atoms with Crippen molar-refractivity contribution < 1.29 is 4.79 Å². The Morgan fingerprint density at radius 1 is 1.21 bits per heavy atom. The number of hydrogen-bond donors (Lipinski definition) is 0. The highest BCUT2D eigenvalue weighted by Gasteiger charge is 2.33. The van der Waals surface area contributed by atoms with Crippen LogP contribution in [-0.2, 0) is 4.79 Å². The molecular weight excluding hydrogens is 302 g/mol. The van der Waals surface area contributed by atoms with E-state index in [0.29, 0.717) is 5.91 Å². The van der Waals surface area contributed by atoms with E-state index in [4.69, 9.17) is 4.98 Å². The molecule has 126 valence electrons. The van der Waals surface area contributed by atoms with Gasteiger partial charge in [-0.1, -0.05) is 6.42 Å². The molecule has 1 unspecified atom stereocenters.